The average Bonchev–Trinajstić information content (AvgIpc) is 2.42. The van der Waals surface area contributed by atoms with Gasteiger partial charge in [0.1, 0.15) is 11.6 Å². The summed E-state index contributed by atoms with van der Waals surface area (Å²) >= 11 is 0. The number of halogens is 1. The summed E-state index contributed by atoms with van der Waals surface area (Å²) in [5, 5.41) is 0.693. The van der Waals surface area contributed by atoms with Crippen LogP contribution in [0.1, 0.15) is 12.0 Å². The second kappa shape index (κ2) is 4.88. The number of pyridine rings is 1. The van der Waals surface area contributed by atoms with Gasteiger partial charge in [-0.2, -0.15) is 9.97 Å². The van der Waals surface area contributed by atoms with Crippen LogP contribution in [0.15, 0.2) is 36.3 Å². The predicted molar refractivity (Wildman–Crippen MR) is 76.3 cm³/mol. The largest absolute Gasteiger partial charge is 0.383 e. The van der Waals surface area contributed by atoms with Gasteiger partial charge in [-0.25, -0.2) is 9.37 Å². The van der Waals surface area contributed by atoms with E-state index in [1.54, 1.807) is 12.3 Å². The molecule has 1 unspecified atom stereocenters. The summed E-state index contributed by atoms with van der Waals surface area (Å²) in [5.41, 5.74) is 12.9. The van der Waals surface area contributed by atoms with Crippen molar-refractivity contribution in [2.75, 3.05) is 11.5 Å². The van der Waals surface area contributed by atoms with Crippen molar-refractivity contribution in [3.05, 3.63) is 41.9 Å². The minimum Gasteiger partial charge on any atom is -0.383 e. The molecule has 2 aromatic rings. The van der Waals surface area contributed by atoms with E-state index >= 15 is 0 Å². The predicted octanol–water partition coefficient (Wildman–Crippen LogP) is 2.16. The van der Waals surface area contributed by atoms with E-state index in [0.717, 1.165) is 12.0 Å². The van der Waals surface area contributed by atoms with E-state index in [1.165, 1.54) is 6.08 Å². The topological polar surface area (TPSA) is 90.7 Å². The van der Waals surface area contributed by atoms with Gasteiger partial charge < -0.3 is 11.5 Å². The molecule has 1 aliphatic rings. The van der Waals surface area contributed by atoms with Gasteiger partial charge in [-0.1, -0.05) is 6.08 Å². The van der Waals surface area contributed by atoms with Crippen LogP contribution >= 0.6 is 0 Å². The quantitative estimate of drug-likeness (QED) is 0.873. The first-order chi connectivity index (χ1) is 9.61. The first-order valence-corrected chi connectivity index (χ1v) is 6.33. The third kappa shape index (κ3) is 2.45. The lowest BCUT2D eigenvalue weighted by atomic mass is 9.93. The molecule has 5 nitrogen and oxygen atoms in total. The minimum atomic E-state index is -0.175. The maximum Gasteiger partial charge on any atom is 0.224 e. The van der Waals surface area contributed by atoms with E-state index < -0.39 is 0 Å². The molecule has 2 heterocycles. The van der Waals surface area contributed by atoms with E-state index in [0.29, 0.717) is 23.3 Å². The number of fused-ring (bicyclic) bond motifs is 1. The maximum atomic E-state index is 12.9. The molecule has 0 bridgehead atoms. The summed E-state index contributed by atoms with van der Waals surface area (Å²) < 4.78 is 12.9. The Morgan fingerprint density at radius 2 is 2.15 bits per heavy atom. The SMILES string of the molecule is Nc1nc(N)c2cc(CC3C=CC(F)=CC3)cnc2n1. The lowest BCUT2D eigenvalue weighted by molar-refractivity contribution is 0.597. The molecular formula is C14H14FN5. The smallest absolute Gasteiger partial charge is 0.224 e. The van der Waals surface area contributed by atoms with E-state index in [-0.39, 0.29) is 17.7 Å². The van der Waals surface area contributed by atoms with Crippen LogP contribution in [-0.2, 0) is 6.42 Å². The summed E-state index contributed by atoms with van der Waals surface area (Å²) in [6.07, 6.45) is 8.18. The Morgan fingerprint density at radius 1 is 1.30 bits per heavy atom. The van der Waals surface area contributed by atoms with Crippen molar-refractivity contribution >= 4 is 22.8 Å². The van der Waals surface area contributed by atoms with Crippen LogP contribution in [0.2, 0.25) is 0 Å². The fourth-order valence-corrected chi connectivity index (χ4v) is 2.30. The Labute approximate surface area is 115 Å². The van der Waals surface area contributed by atoms with Crippen LogP contribution in [0.4, 0.5) is 16.2 Å². The highest BCUT2D eigenvalue weighted by atomic mass is 19.1. The van der Waals surface area contributed by atoms with Crippen LogP contribution in [0.25, 0.3) is 11.0 Å². The number of rotatable bonds is 2. The van der Waals surface area contributed by atoms with Crippen LogP contribution in [0.5, 0.6) is 0 Å². The fraction of sp³-hybridized carbons (Fsp3) is 0.214. The molecule has 20 heavy (non-hydrogen) atoms. The minimum absolute atomic E-state index is 0.117. The Hall–Kier alpha value is -2.50. The van der Waals surface area contributed by atoms with Gasteiger partial charge in [-0.05, 0) is 42.5 Å². The van der Waals surface area contributed by atoms with Crippen molar-refractivity contribution in [2.24, 2.45) is 5.92 Å². The summed E-state index contributed by atoms with van der Waals surface area (Å²) in [6.45, 7) is 0. The lowest BCUT2D eigenvalue weighted by Crippen LogP contribution is -2.05. The summed E-state index contributed by atoms with van der Waals surface area (Å²) in [5.74, 6) is 0.536. The second-order valence-electron chi connectivity index (χ2n) is 4.83. The molecule has 3 rings (SSSR count). The van der Waals surface area contributed by atoms with Gasteiger partial charge in [0, 0.05) is 6.20 Å². The number of hydrogen-bond donors (Lipinski definition) is 2. The Morgan fingerprint density at radius 3 is 2.90 bits per heavy atom. The average molecular weight is 271 g/mol. The highest BCUT2D eigenvalue weighted by molar-refractivity contribution is 5.86. The molecule has 0 aromatic carbocycles. The standard InChI is InChI=1S/C14H14FN5/c15-10-3-1-8(2-4-10)5-9-6-11-12(16)19-14(17)20-13(11)18-7-9/h1,3-4,6-8H,2,5H2,(H4,16,17,18,19,20). The number of anilines is 2. The lowest BCUT2D eigenvalue weighted by Gasteiger charge is -2.13. The molecule has 0 aliphatic heterocycles. The van der Waals surface area contributed by atoms with Crippen molar-refractivity contribution in [3.8, 4) is 0 Å². The number of nitrogens with two attached hydrogens (primary N) is 2. The molecular weight excluding hydrogens is 257 g/mol. The highest BCUT2D eigenvalue weighted by Gasteiger charge is 2.12. The number of allylic oxidation sites excluding steroid dienone is 4. The molecule has 0 amide bonds. The zero-order valence-corrected chi connectivity index (χ0v) is 10.8. The zero-order valence-electron chi connectivity index (χ0n) is 10.8. The van der Waals surface area contributed by atoms with Gasteiger partial charge in [-0.15, -0.1) is 0 Å². The monoisotopic (exact) mass is 271 g/mol. The van der Waals surface area contributed by atoms with Crippen LogP contribution in [-0.4, -0.2) is 15.0 Å². The van der Waals surface area contributed by atoms with Crippen LogP contribution in [0, 0.1) is 5.92 Å². The molecule has 6 heteroatoms. The fourth-order valence-electron chi connectivity index (χ4n) is 2.30. The molecule has 0 spiro atoms. The molecule has 2 aromatic heterocycles. The van der Waals surface area contributed by atoms with Crippen molar-refractivity contribution in [2.45, 2.75) is 12.8 Å². The van der Waals surface area contributed by atoms with Crippen LogP contribution < -0.4 is 11.5 Å². The van der Waals surface area contributed by atoms with E-state index in [9.17, 15) is 4.39 Å². The third-order valence-corrected chi connectivity index (χ3v) is 3.30. The molecule has 102 valence electrons. The van der Waals surface area contributed by atoms with Crippen molar-refractivity contribution in [1.82, 2.24) is 15.0 Å². The molecule has 0 radical (unpaired) electrons. The highest BCUT2D eigenvalue weighted by Crippen LogP contribution is 2.23. The first-order valence-electron chi connectivity index (χ1n) is 6.33. The van der Waals surface area contributed by atoms with E-state index in [2.05, 4.69) is 15.0 Å². The van der Waals surface area contributed by atoms with Crippen molar-refractivity contribution in [1.29, 1.82) is 0 Å². The van der Waals surface area contributed by atoms with Gasteiger partial charge in [0.15, 0.2) is 5.65 Å². The van der Waals surface area contributed by atoms with E-state index in [1.807, 2.05) is 12.1 Å². The third-order valence-electron chi connectivity index (χ3n) is 3.30. The van der Waals surface area contributed by atoms with Crippen molar-refractivity contribution in [3.63, 3.8) is 0 Å². The number of nitrogen functional groups attached to an aromatic ring is 2. The summed E-state index contributed by atoms with van der Waals surface area (Å²) in [4.78, 5) is 12.2. The van der Waals surface area contributed by atoms with Gasteiger partial charge in [0.2, 0.25) is 5.95 Å². The van der Waals surface area contributed by atoms with Gasteiger partial charge in [-0.3, -0.25) is 0 Å². The van der Waals surface area contributed by atoms with E-state index in [4.69, 9.17) is 11.5 Å². The van der Waals surface area contributed by atoms with Gasteiger partial charge in [0.05, 0.1) is 5.39 Å². The maximum absolute atomic E-state index is 12.9. The van der Waals surface area contributed by atoms with Gasteiger partial charge >= 0.3 is 0 Å². The van der Waals surface area contributed by atoms with Crippen molar-refractivity contribution < 1.29 is 4.39 Å². The molecule has 0 saturated heterocycles. The summed E-state index contributed by atoms with van der Waals surface area (Å²) in [7, 11) is 0. The molecule has 0 fully saturated rings. The Bertz CT molecular complexity index is 723. The Kier molecular flexibility index (Phi) is 3.06. The van der Waals surface area contributed by atoms with Gasteiger partial charge in [0.25, 0.3) is 0 Å². The van der Waals surface area contributed by atoms with Crippen LogP contribution in [0.3, 0.4) is 0 Å². The number of hydrogen-bond acceptors (Lipinski definition) is 5. The molecule has 0 saturated carbocycles. The second-order valence-corrected chi connectivity index (χ2v) is 4.83. The zero-order chi connectivity index (χ0) is 14.1. The normalized spacial score (nSPS) is 18.2. The summed E-state index contributed by atoms with van der Waals surface area (Å²) in [6, 6.07) is 1.92. The number of nitrogens with zero attached hydrogens (tertiary/aromatic N) is 3. The Balaban J connectivity index is 1.88. The molecule has 1 aliphatic carbocycles. The molecule has 1 atom stereocenters. The molecule has 4 N–H and O–H groups in total. The number of aromatic nitrogens is 3. The first kappa shape index (κ1) is 12.5.